The van der Waals surface area contributed by atoms with Crippen LogP contribution in [0.5, 0.6) is 0 Å². The zero-order chi connectivity index (χ0) is 20.0. The molecule has 9 heteroatoms. The fourth-order valence-corrected chi connectivity index (χ4v) is 3.38. The molecule has 4 rings (SSSR count). The van der Waals surface area contributed by atoms with Gasteiger partial charge in [0.2, 0.25) is 0 Å². The third-order valence-corrected chi connectivity index (χ3v) is 4.86. The van der Waals surface area contributed by atoms with Crippen molar-refractivity contribution < 1.29 is 22.7 Å². The van der Waals surface area contributed by atoms with Crippen LogP contribution in [0.2, 0.25) is 5.02 Å². The largest absolute Gasteiger partial charge is 0.373 e. The Morgan fingerprint density at radius 2 is 1.82 bits per heavy atom. The molecule has 2 N–H and O–H groups in total. The maximum absolute atomic E-state index is 13.8. The number of pyridine rings is 1. The van der Waals surface area contributed by atoms with Gasteiger partial charge >= 0.3 is 0 Å². The molecule has 28 heavy (non-hydrogen) atoms. The van der Waals surface area contributed by atoms with Crippen molar-refractivity contribution in [2.24, 2.45) is 0 Å². The van der Waals surface area contributed by atoms with Crippen LogP contribution in [0.25, 0.3) is 10.8 Å². The number of hydrogen-bond donors (Lipinski definition) is 2. The summed E-state index contributed by atoms with van der Waals surface area (Å²) < 4.78 is 46.5. The third kappa shape index (κ3) is 3.14. The van der Waals surface area contributed by atoms with Crippen molar-refractivity contribution in [3.63, 3.8) is 0 Å². The van der Waals surface area contributed by atoms with Crippen molar-refractivity contribution in [2.75, 3.05) is 6.61 Å². The fraction of sp³-hybridized carbons (Fsp3) is 0.158. The number of aromatic amines is 1. The molecule has 1 aliphatic rings. The zero-order valence-electron chi connectivity index (χ0n) is 14.1. The highest BCUT2D eigenvalue weighted by Gasteiger charge is 2.27. The van der Waals surface area contributed by atoms with Crippen molar-refractivity contribution in [2.45, 2.75) is 12.6 Å². The number of fused-ring (bicyclic) bond motifs is 3. The number of benzene rings is 2. The second-order valence-electron chi connectivity index (χ2n) is 6.33. The number of nitrogens with one attached hydrogen (secondary N) is 2. The molecule has 1 amide bonds. The van der Waals surface area contributed by atoms with E-state index in [4.69, 9.17) is 16.3 Å². The van der Waals surface area contributed by atoms with Crippen LogP contribution in [0.3, 0.4) is 0 Å². The first-order valence-electron chi connectivity index (χ1n) is 8.22. The van der Waals surface area contributed by atoms with E-state index in [2.05, 4.69) is 10.3 Å². The minimum atomic E-state index is -1.15. The lowest BCUT2D eigenvalue weighted by atomic mass is 9.96. The second-order valence-corrected chi connectivity index (χ2v) is 6.74. The van der Waals surface area contributed by atoms with Crippen LogP contribution in [0, 0.1) is 17.5 Å². The smallest absolute Gasteiger partial charge is 0.256 e. The molecule has 0 saturated carbocycles. The van der Waals surface area contributed by atoms with E-state index in [1.54, 1.807) is 0 Å². The maximum Gasteiger partial charge on any atom is 0.256 e. The van der Waals surface area contributed by atoms with Gasteiger partial charge in [-0.05, 0) is 35.7 Å². The van der Waals surface area contributed by atoms with Crippen LogP contribution in [0.1, 0.15) is 27.7 Å². The molecule has 0 aliphatic carbocycles. The summed E-state index contributed by atoms with van der Waals surface area (Å²) in [6.07, 6.45) is 0. The second kappa shape index (κ2) is 6.96. The van der Waals surface area contributed by atoms with Crippen LogP contribution in [-0.4, -0.2) is 17.5 Å². The number of hydrogen-bond acceptors (Lipinski definition) is 3. The molecule has 0 saturated heterocycles. The van der Waals surface area contributed by atoms with Gasteiger partial charge in [0.15, 0.2) is 11.6 Å². The highest BCUT2D eigenvalue weighted by molar-refractivity contribution is 6.30. The molecule has 1 aromatic heterocycles. The Hall–Kier alpha value is -2.84. The number of carbonyl (C=O) groups is 1. The Bertz CT molecular complexity index is 1180. The van der Waals surface area contributed by atoms with E-state index < -0.39 is 35.0 Å². The van der Waals surface area contributed by atoms with Gasteiger partial charge in [-0.15, -0.1) is 0 Å². The normalized spacial score (nSPS) is 16.1. The molecule has 1 aliphatic heterocycles. The quantitative estimate of drug-likeness (QED) is 0.680. The summed E-state index contributed by atoms with van der Waals surface area (Å²) in [6, 6.07) is 4.56. The summed E-state index contributed by atoms with van der Waals surface area (Å²) >= 11 is 5.63. The Labute approximate surface area is 161 Å². The average molecular weight is 409 g/mol. The first-order valence-corrected chi connectivity index (χ1v) is 8.60. The first-order chi connectivity index (χ1) is 13.3. The molecule has 1 atom stereocenters. The van der Waals surface area contributed by atoms with Crippen molar-refractivity contribution in [1.82, 2.24) is 10.3 Å². The number of halogens is 4. The van der Waals surface area contributed by atoms with Gasteiger partial charge in [-0.1, -0.05) is 11.6 Å². The van der Waals surface area contributed by atoms with Crippen LogP contribution in [0.4, 0.5) is 13.2 Å². The molecule has 5 nitrogen and oxygen atoms in total. The van der Waals surface area contributed by atoms with E-state index in [1.807, 2.05) is 0 Å². The monoisotopic (exact) mass is 408 g/mol. The standard InChI is InChI=1S/C19H12ClF3N2O3/c20-11-2-1-8(3-12(11)21)18(26)24-15-6-28-7-16-17(15)9-4-13(22)14(23)5-10(9)19(27)25-16/h1-5,15H,6-7H2,(H,24,26)(H,25,27). The molecule has 0 bridgehead atoms. The van der Waals surface area contributed by atoms with Crippen LogP contribution >= 0.6 is 11.6 Å². The predicted molar refractivity (Wildman–Crippen MR) is 95.8 cm³/mol. The summed E-state index contributed by atoms with van der Waals surface area (Å²) in [5.74, 6) is -3.63. The SMILES string of the molecule is O=C(NC1COCc2[nH]c(=O)c3cc(F)c(F)cc3c21)c1ccc(Cl)c(F)c1. The summed E-state index contributed by atoms with van der Waals surface area (Å²) in [5.41, 5.74) is 0.202. The summed E-state index contributed by atoms with van der Waals surface area (Å²) in [7, 11) is 0. The minimum Gasteiger partial charge on any atom is -0.373 e. The van der Waals surface area contributed by atoms with Crippen LogP contribution in [-0.2, 0) is 11.3 Å². The highest BCUT2D eigenvalue weighted by atomic mass is 35.5. The molecular formula is C19H12ClF3N2O3. The molecule has 144 valence electrons. The van der Waals surface area contributed by atoms with E-state index in [-0.39, 0.29) is 34.6 Å². The van der Waals surface area contributed by atoms with Crippen molar-refractivity contribution in [1.29, 1.82) is 0 Å². The third-order valence-electron chi connectivity index (χ3n) is 4.55. The van der Waals surface area contributed by atoms with Gasteiger partial charge < -0.3 is 15.0 Å². The number of amides is 1. The Morgan fingerprint density at radius 3 is 2.54 bits per heavy atom. The lowest BCUT2D eigenvalue weighted by molar-refractivity contribution is 0.0694. The Morgan fingerprint density at radius 1 is 1.11 bits per heavy atom. The van der Waals surface area contributed by atoms with E-state index in [1.165, 1.54) is 12.1 Å². The number of ether oxygens (including phenoxy) is 1. The summed E-state index contributed by atoms with van der Waals surface area (Å²) in [4.78, 5) is 27.3. The predicted octanol–water partition coefficient (Wildman–Crippen LogP) is 3.60. The summed E-state index contributed by atoms with van der Waals surface area (Å²) in [6.45, 7) is 0.0798. The molecule has 2 heterocycles. The van der Waals surface area contributed by atoms with Crippen LogP contribution in [0.15, 0.2) is 35.1 Å². The first kappa shape index (κ1) is 18.5. The molecular weight excluding hydrogens is 397 g/mol. The van der Waals surface area contributed by atoms with E-state index >= 15 is 0 Å². The zero-order valence-corrected chi connectivity index (χ0v) is 14.9. The fourth-order valence-electron chi connectivity index (χ4n) is 3.26. The number of rotatable bonds is 2. The lowest BCUT2D eigenvalue weighted by Gasteiger charge is -2.27. The Kier molecular flexibility index (Phi) is 4.60. The van der Waals surface area contributed by atoms with Crippen molar-refractivity contribution in [3.05, 3.63) is 80.0 Å². The average Bonchev–Trinajstić information content (AvgIpc) is 2.65. The minimum absolute atomic E-state index is 0.0278. The van der Waals surface area contributed by atoms with E-state index in [0.717, 1.165) is 18.2 Å². The number of carbonyl (C=O) groups excluding carboxylic acids is 1. The molecule has 3 aromatic rings. The van der Waals surface area contributed by atoms with Crippen molar-refractivity contribution in [3.8, 4) is 0 Å². The molecule has 0 spiro atoms. The van der Waals surface area contributed by atoms with Crippen molar-refractivity contribution >= 4 is 28.3 Å². The van der Waals surface area contributed by atoms with E-state index in [0.29, 0.717) is 11.3 Å². The van der Waals surface area contributed by atoms with Gasteiger partial charge in [-0.2, -0.15) is 0 Å². The number of aromatic nitrogens is 1. The topological polar surface area (TPSA) is 71.2 Å². The van der Waals surface area contributed by atoms with Gasteiger partial charge in [-0.3, -0.25) is 9.59 Å². The Balaban J connectivity index is 1.78. The van der Waals surface area contributed by atoms with Gasteiger partial charge in [0.25, 0.3) is 11.5 Å². The van der Waals surface area contributed by atoms with Gasteiger partial charge in [0.1, 0.15) is 5.82 Å². The molecule has 1 unspecified atom stereocenters. The van der Waals surface area contributed by atoms with Crippen LogP contribution < -0.4 is 10.9 Å². The molecule has 0 fully saturated rings. The summed E-state index contributed by atoms with van der Waals surface area (Å²) in [5, 5.41) is 2.68. The lowest BCUT2D eigenvalue weighted by Crippen LogP contribution is -2.36. The van der Waals surface area contributed by atoms with Gasteiger partial charge in [-0.25, -0.2) is 13.2 Å². The highest BCUT2D eigenvalue weighted by Crippen LogP contribution is 2.31. The van der Waals surface area contributed by atoms with Gasteiger partial charge in [0.05, 0.1) is 29.7 Å². The maximum atomic E-state index is 13.8. The van der Waals surface area contributed by atoms with E-state index in [9.17, 15) is 22.8 Å². The number of H-pyrrole nitrogens is 1. The molecule has 0 radical (unpaired) electrons. The van der Waals surface area contributed by atoms with Gasteiger partial charge in [0, 0.05) is 16.8 Å². The molecule has 2 aromatic carbocycles.